The quantitative estimate of drug-likeness (QED) is 0.632. The molecular weight excluding hydrogens is 362 g/mol. The summed E-state index contributed by atoms with van der Waals surface area (Å²) in [5, 5.41) is 1.28. The second-order valence-electron chi connectivity index (χ2n) is 7.83. The molecule has 4 rings (SSSR count). The Bertz CT molecular complexity index is 987. The van der Waals surface area contributed by atoms with E-state index in [-0.39, 0.29) is 11.8 Å². The zero-order valence-electron chi connectivity index (χ0n) is 16.9. The van der Waals surface area contributed by atoms with Crippen LogP contribution in [0.2, 0.25) is 0 Å². The summed E-state index contributed by atoms with van der Waals surface area (Å²) in [6, 6.07) is 16.1. The van der Waals surface area contributed by atoms with Crippen LogP contribution in [0.15, 0.2) is 54.7 Å². The molecule has 2 aromatic carbocycles. The number of aromatic nitrogens is 1. The van der Waals surface area contributed by atoms with Crippen LogP contribution in [0, 0.1) is 0 Å². The Morgan fingerprint density at radius 1 is 0.931 bits per heavy atom. The summed E-state index contributed by atoms with van der Waals surface area (Å²) >= 11 is 0. The molecule has 3 aromatic rings. The van der Waals surface area contributed by atoms with Crippen molar-refractivity contribution >= 4 is 22.7 Å². The second-order valence-corrected chi connectivity index (χ2v) is 7.83. The first kappa shape index (κ1) is 19.4. The van der Waals surface area contributed by atoms with Crippen LogP contribution < -0.4 is 0 Å². The molecular formula is C24H27N3O2. The van der Waals surface area contributed by atoms with Gasteiger partial charge in [0.1, 0.15) is 0 Å². The van der Waals surface area contributed by atoms with Gasteiger partial charge in [-0.2, -0.15) is 0 Å². The molecule has 5 nitrogen and oxygen atoms in total. The van der Waals surface area contributed by atoms with Crippen molar-refractivity contribution in [3.63, 3.8) is 0 Å². The number of nitrogens with one attached hydrogen (secondary N) is 1. The predicted molar refractivity (Wildman–Crippen MR) is 115 cm³/mol. The molecule has 5 heteroatoms. The summed E-state index contributed by atoms with van der Waals surface area (Å²) in [4.78, 5) is 32.2. The van der Waals surface area contributed by atoms with Gasteiger partial charge in [0.25, 0.3) is 0 Å². The van der Waals surface area contributed by atoms with Crippen molar-refractivity contribution in [3.05, 3.63) is 71.4 Å². The number of imide groups is 1. The van der Waals surface area contributed by atoms with Gasteiger partial charge in [0.15, 0.2) is 0 Å². The van der Waals surface area contributed by atoms with Gasteiger partial charge in [-0.1, -0.05) is 42.5 Å². The Labute approximate surface area is 171 Å². The van der Waals surface area contributed by atoms with E-state index in [0.717, 1.165) is 37.1 Å². The van der Waals surface area contributed by atoms with E-state index < -0.39 is 0 Å². The Morgan fingerprint density at radius 2 is 1.59 bits per heavy atom. The first-order valence-corrected chi connectivity index (χ1v) is 10.3. The van der Waals surface area contributed by atoms with Gasteiger partial charge in [0.05, 0.1) is 12.8 Å². The smallest absolute Gasteiger partial charge is 0.233 e. The SMILES string of the molecule is CN(CCCN1C(=O)Cc2ccccc2CC1=O)CCc1c[nH]c2ccccc12. The lowest BCUT2D eigenvalue weighted by Crippen LogP contribution is -2.39. The van der Waals surface area contributed by atoms with Gasteiger partial charge in [-0.05, 0) is 49.2 Å². The molecule has 29 heavy (non-hydrogen) atoms. The third-order valence-corrected chi connectivity index (χ3v) is 5.76. The summed E-state index contributed by atoms with van der Waals surface area (Å²) in [5.41, 5.74) is 4.45. The highest BCUT2D eigenvalue weighted by Gasteiger charge is 2.26. The molecule has 1 aliphatic heterocycles. The number of aromatic amines is 1. The number of amides is 2. The number of benzene rings is 2. The van der Waals surface area contributed by atoms with E-state index >= 15 is 0 Å². The maximum absolute atomic E-state index is 12.6. The van der Waals surface area contributed by atoms with E-state index in [0.29, 0.717) is 19.4 Å². The van der Waals surface area contributed by atoms with Crippen LogP contribution in [-0.4, -0.2) is 53.3 Å². The molecule has 0 atom stereocenters. The third-order valence-electron chi connectivity index (χ3n) is 5.76. The van der Waals surface area contributed by atoms with Crippen molar-refractivity contribution in [2.75, 3.05) is 26.7 Å². The Balaban J connectivity index is 1.27. The van der Waals surface area contributed by atoms with Crippen LogP contribution in [0.4, 0.5) is 0 Å². The third kappa shape index (κ3) is 4.40. The highest BCUT2D eigenvalue weighted by Crippen LogP contribution is 2.19. The van der Waals surface area contributed by atoms with Gasteiger partial charge < -0.3 is 9.88 Å². The molecule has 2 heterocycles. The van der Waals surface area contributed by atoms with E-state index in [1.54, 1.807) is 0 Å². The average molecular weight is 389 g/mol. The number of carbonyl (C=O) groups excluding carboxylic acids is 2. The fourth-order valence-electron chi connectivity index (χ4n) is 4.07. The summed E-state index contributed by atoms with van der Waals surface area (Å²) in [6.45, 7) is 2.28. The highest BCUT2D eigenvalue weighted by molar-refractivity contribution is 5.99. The minimum Gasteiger partial charge on any atom is -0.361 e. The molecule has 0 radical (unpaired) electrons. The number of para-hydroxylation sites is 1. The van der Waals surface area contributed by atoms with E-state index in [9.17, 15) is 9.59 Å². The fourth-order valence-corrected chi connectivity index (χ4v) is 4.07. The van der Waals surface area contributed by atoms with Gasteiger partial charge in [0, 0.05) is 30.2 Å². The number of likely N-dealkylation sites (N-methyl/N-ethyl adjacent to an activating group) is 1. The van der Waals surface area contributed by atoms with Crippen molar-refractivity contribution in [2.45, 2.75) is 25.7 Å². The van der Waals surface area contributed by atoms with Crippen molar-refractivity contribution < 1.29 is 9.59 Å². The maximum atomic E-state index is 12.6. The number of H-pyrrole nitrogens is 1. The van der Waals surface area contributed by atoms with Crippen LogP contribution in [0.3, 0.4) is 0 Å². The number of fused-ring (bicyclic) bond motifs is 2. The first-order valence-electron chi connectivity index (χ1n) is 10.3. The van der Waals surface area contributed by atoms with Gasteiger partial charge >= 0.3 is 0 Å². The van der Waals surface area contributed by atoms with Crippen LogP contribution in [-0.2, 0) is 28.9 Å². The van der Waals surface area contributed by atoms with Crippen molar-refractivity contribution in [1.82, 2.24) is 14.8 Å². The lowest BCUT2D eigenvalue weighted by Gasteiger charge is -2.21. The first-order chi connectivity index (χ1) is 14.1. The van der Waals surface area contributed by atoms with Gasteiger partial charge in [-0.3, -0.25) is 14.5 Å². The molecule has 0 unspecified atom stereocenters. The van der Waals surface area contributed by atoms with E-state index in [2.05, 4.69) is 41.3 Å². The number of hydrogen-bond acceptors (Lipinski definition) is 3. The van der Waals surface area contributed by atoms with Gasteiger partial charge in [-0.25, -0.2) is 0 Å². The molecule has 0 saturated heterocycles. The Morgan fingerprint density at radius 3 is 2.31 bits per heavy atom. The summed E-state index contributed by atoms with van der Waals surface area (Å²) in [6.07, 6.45) is 4.48. The number of hydrogen-bond donors (Lipinski definition) is 1. The number of carbonyl (C=O) groups is 2. The lowest BCUT2D eigenvalue weighted by molar-refractivity contribution is -0.143. The predicted octanol–water partition coefficient (Wildman–Crippen LogP) is 3.19. The summed E-state index contributed by atoms with van der Waals surface area (Å²) < 4.78 is 0. The molecule has 2 amide bonds. The van der Waals surface area contributed by atoms with Crippen molar-refractivity contribution in [1.29, 1.82) is 0 Å². The van der Waals surface area contributed by atoms with E-state index in [4.69, 9.17) is 0 Å². The fraction of sp³-hybridized carbons (Fsp3) is 0.333. The van der Waals surface area contributed by atoms with Crippen LogP contribution in [0.5, 0.6) is 0 Å². The Kier molecular flexibility index (Phi) is 5.76. The normalized spacial score (nSPS) is 14.5. The van der Waals surface area contributed by atoms with Crippen molar-refractivity contribution in [2.24, 2.45) is 0 Å². The van der Waals surface area contributed by atoms with Crippen LogP contribution in [0.1, 0.15) is 23.1 Å². The lowest BCUT2D eigenvalue weighted by atomic mass is 10.0. The largest absolute Gasteiger partial charge is 0.361 e. The number of rotatable bonds is 7. The summed E-state index contributed by atoms with van der Waals surface area (Å²) in [7, 11) is 2.09. The van der Waals surface area contributed by atoms with E-state index in [1.165, 1.54) is 21.4 Å². The number of nitrogens with zero attached hydrogens (tertiary/aromatic N) is 2. The molecule has 1 aliphatic rings. The molecule has 1 N–H and O–H groups in total. The topological polar surface area (TPSA) is 56.4 Å². The van der Waals surface area contributed by atoms with E-state index in [1.807, 2.05) is 30.3 Å². The minimum atomic E-state index is -0.0820. The zero-order valence-corrected chi connectivity index (χ0v) is 16.9. The standard InChI is InChI=1S/C24H27N3O2/c1-26(14-11-20-17-25-22-10-5-4-9-21(20)22)12-6-13-27-23(28)15-18-7-2-3-8-19(18)16-24(27)29/h2-5,7-10,17,25H,6,11-16H2,1H3. The molecule has 0 aliphatic carbocycles. The van der Waals surface area contributed by atoms with Gasteiger partial charge in [0.2, 0.25) is 11.8 Å². The Hall–Kier alpha value is -2.92. The minimum absolute atomic E-state index is 0.0820. The molecule has 0 saturated carbocycles. The average Bonchev–Trinajstić information content (AvgIpc) is 3.09. The van der Waals surface area contributed by atoms with Crippen LogP contribution in [0.25, 0.3) is 10.9 Å². The molecule has 150 valence electrons. The van der Waals surface area contributed by atoms with Gasteiger partial charge in [-0.15, -0.1) is 0 Å². The highest BCUT2D eigenvalue weighted by atomic mass is 16.2. The monoisotopic (exact) mass is 389 g/mol. The molecule has 0 spiro atoms. The molecule has 0 bridgehead atoms. The maximum Gasteiger partial charge on any atom is 0.233 e. The molecule has 1 aromatic heterocycles. The van der Waals surface area contributed by atoms with Crippen molar-refractivity contribution in [3.8, 4) is 0 Å². The molecule has 0 fully saturated rings. The zero-order chi connectivity index (χ0) is 20.2. The summed E-state index contributed by atoms with van der Waals surface area (Å²) in [5.74, 6) is -0.164. The van der Waals surface area contributed by atoms with Crippen LogP contribution >= 0.6 is 0 Å². The second kappa shape index (κ2) is 8.62.